The summed E-state index contributed by atoms with van der Waals surface area (Å²) < 4.78 is 67.1. The molecule has 0 bridgehead atoms. The third kappa shape index (κ3) is 4.90. The van der Waals surface area contributed by atoms with E-state index >= 15 is 0 Å². The predicted molar refractivity (Wildman–Crippen MR) is 70.1 cm³/mol. The van der Waals surface area contributed by atoms with Crippen molar-refractivity contribution in [1.82, 2.24) is 4.98 Å². The molecule has 1 amide bonds. The van der Waals surface area contributed by atoms with E-state index < -0.39 is 36.2 Å². The van der Waals surface area contributed by atoms with Crippen molar-refractivity contribution in [3.8, 4) is 5.88 Å². The first kappa shape index (κ1) is 16.7. The highest BCUT2D eigenvalue weighted by Crippen LogP contribution is 2.21. The lowest BCUT2D eigenvalue weighted by Crippen LogP contribution is -2.22. The first-order valence-electron chi connectivity index (χ1n) is 6.16. The number of amides is 1. The van der Waals surface area contributed by atoms with Crippen molar-refractivity contribution in [2.24, 2.45) is 0 Å². The molecule has 4 nitrogen and oxygen atoms in total. The molecule has 0 aliphatic heterocycles. The summed E-state index contributed by atoms with van der Waals surface area (Å²) in [5, 5.41) is 2.16. The Morgan fingerprint density at radius 2 is 1.83 bits per heavy atom. The van der Waals surface area contributed by atoms with Gasteiger partial charge in [-0.25, -0.2) is 13.8 Å². The summed E-state index contributed by atoms with van der Waals surface area (Å²) in [5.41, 5.74) is -0.500. The van der Waals surface area contributed by atoms with Crippen LogP contribution in [0.4, 0.5) is 27.6 Å². The van der Waals surface area contributed by atoms with Gasteiger partial charge in [-0.1, -0.05) is 0 Å². The van der Waals surface area contributed by atoms with Crippen LogP contribution in [0.1, 0.15) is 10.4 Å². The molecule has 23 heavy (non-hydrogen) atoms. The Kier molecular flexibility index (Phi) is 4.77. The van der Waals surface area contributed by atoms with Gasteiger partial charge in [-0.05, 0) is 24.3 Å². The second-order valence-corrected chi connectivity index (χ2v) is 4.37. The van der Waals surface area contributed by atoms with E-state index in [0.717, 1.165) is 18.3 Å². The number of benzene rings is 1. The summed E-state index contributed by atoms with van der Waals surface area (Å²) in [4.78, 5) is 15.6. The van der Waals surface area contributed by atoms with E-state index in [-0.39, 0.29) is 11.3 Å². The molecule has 0 unspecified atom stereocenters. The lowest BCUT2D eigenvalue weighted by Gasteiger charge is -2.12. The van der Waals surface area contributed by atoms with Gasteiger partial charge in [-0.3, -0.25) is 4.79 Å². The number of carbonyl (C=O) groups excluding carboxylic acids is 1. The Morgan fingerprint density at radius 1 is 1.17 bits per heavy atom. The van der Waals surface area contributed by atoms with E-state index in [1.807, 2.05) is 0 Å². The number of pyridine rings is 1. The number of aromatic nitrogens is 1. The molecule has 9 heteroatoms. The summed E-state index contributed by atoms with van der Waals surface area (Å²) in [5.74, 6) is -3.29. The molecular weight excluding hydrogens is 323 g/mol. The van der Waals surface area contributed by atoms with Crippen LogP contribution in [0.25, 0.3) is 0 Å². The molecule has 2 rings (SSSR count). The maximum absolute atomic E-state index is 13.1. The van der Waals surface area contributed by atoms with Crippen LogP contribution in [0.5, 0.6) is 5.88 Å². The van der Waals surface area contributed by atoms with Crippen LogP contribution in [0, 0.1) is 11.6 Å². The second-order valence-electron chi connectivity index (χ2n) is 4.37. The number of halogens is 5. The zero-order valence-electron chi connectivity index (χ0n) is 11.3. The monoisotopic (exact) mass is 332 g/mol. The highest BCUT2D eigenvalue weighted by atomic mass is 19.4. The van der Waals surface area contributed by atoms with Gasteiger partial charge in [0.2, 0.25) is 5.88 Å². The van der Waals surface area contributed by atoms with E-state index in [0.29, 0.717) is 6.07 Å². The number of anilines is 1. The van der Waals surface area contributed by atoms with Gasteiger partial charge in [0.15, 0.2) is 6.61 Å². The Balaban J connectivity index is 2.19. The largest absolute Gasteiger partial charge is 0.467 e. The number of alkyl halides is 3. The Bertz CT molecular complexity index is 698. The van der Waals surface area contributed by atoms with Crippen molar-refractivity contribution < 1.29 is 31.5 Å². The van der Waals surface area contributed by atoms with Crippen molar-refractivity contribution >= 4 is 11.6 Å². The van der Waals surface area contributed by atoms with Gasteiger partial charge >= 0.3 is 6.18 Å². The smallest absolute Gasteiger partial charge is 0.422 e. The van der Waals surface area contributed by atoms with Gasteiger partial charge in [0, 0.05) is 18.0 Å². The summed E-state index contributed by atoms with van der Waals surface area (Å²) in [6.07, 6.45) is -3.46. The number of nitrogens with one attached hydrogen (secondary N) is 1. The van der Waals surface area contributed by atoms with E-state index in [4.69, 9.17) is 0 Å². The third-order valence-corrected chi connectivity index (χ3v) is 2.51. The van der Waals surface area contributed by atoms with Crippen molar-refractivity contribution in [1.29, 1.82) is 0 Å². The van der Waals surface area contributed by atoms with Crippen LogP contribution < -0.4 is 10.1 Å². The average Bonchev–Trinajstić information content (AvgIpc) is 2.43. The van der Waals surface area contributed by atoms with E-state index in [9.17, 15) is 26.7 Å². The number of carbonyl (C=O) groups is 1. The molecule has 0 saturated carbocycles. The number of nitrogens with zero attached hydrogens (tertiary/aromatic N) is 1. The minimum absolute atomic E-state index is 0.196. The first-order chi connectivity index (χ1) is 10.7. The van der Waals surface area contributed by atoms with Gasteiger partial charge in [0.1, 0.15) is 17.2 Å². The summed E-state index contributed by atoms with van der Waals surface area (Å²) >= 11 is 0. The van der Waals surface area contributed by atoms with Gasteiger partial charge in [0.25, 0.3) is 5.91 Å². The molecule has 1 N–H and O–H groups in total. The standard InChI is InChI=1S/C14H9F5N2O2/c15-8-4-9(16)6-10(5-8)21-12(22)11-2-1-3-20-13(11)23-7-14(17,18)19/h1-6H,7H2,(H,21,22). The van der Waals surface area contributed by atoms with Gasteiger partial charge < -0.3 is 10.1 Å². The Labute approximate surface area is 126 Å². The molecule has 2 aromatic rings. The molecule has 0 radical (unpaired) electrons. The zero-order valence-corrected chi connectivity index (χ0v) is 11.3. The lowest BCUT2D eigenvalue weighted by molar-refractivity contribution is -0.154. The molecule has 122 valence electrons. The normalized spacial score (nSPS) is 11.2. The fourth-order valence-electron chi connectivity index (χ4n) is 1.65. The highest BCUT2D eigenvalue weighted by Gasteiger charge is 2.29. The number of ether oxygens (including phenoxy) is 1. The van der Waals surface area contributed by atoms with Crippen LogP contribution in [0.3, 0.4) is 0 Å². The van der Waals surface area contributed by atoms with Gasteiger partial charge in [0.05, 0.1) is 0 Å². The molecule has 1 aromatic carbocycles. The Morgan fingerprint density at radius 3 is 2.43 bits per heavy atom. The second kappa shape index (κ2) is 6.59. The zero-order chi connectivity index (χ0) is 17.0. The molecule has 0 saturated heterocycles. The van der Waals surface area contributed by atoms with Crippen molar-refractivity contribution in [3.63, 3.8) is 0 Å². The van der Waals surface area contributed by atoms with Crippen molar-refractivity contribution in [3.05, 3.63) is 53.7 Å². The van der Waals surface area contributed by atoms with E-state index in [1.165, 1.54) is 12.1 Å². The fourth-order valence-corrected chi connectivity index (χ4v) is 1.65. The van der Waals surface area contributed by atoms with Crippen LogP contribution in [0.2, 0.25) is 0 Å². The Hall–Kier alpha value is -2.71. The van der Waals surface area contributed by atoms with Gasteiger partial charge in [-0.2, -0.15) is 13.2 Å². The van der Waals surface area contributed by atoms with Crippen LogP contribution in [0.15, 0.2) is 36.5 Å². The maximum atomic E-state index is 13.1. The fraction of sp³-hybridized carbons (Fsp3) is 0.143. The van der Waals surface area contributed by atoms with Crippen LogP contribution in [-0.4, -0.2) is 23.7 Å². The highest BCUT2D eigenvalue weighted by molar-refractivity contribution is 6.05. The third-order valence-electron chi connectivity index (χ3n) is 2.51. The molecule has 0 atom stereocenters. The SMILES string of the molecule is O=C(Nc1cc(F)cc(F)c1)c1cccnc1OCC(F)(F)F. The maximum Gasteiger partial charge on any atom is 0.422 e. The number of rotatable bonds is 4. The van der Waals surface area contributed by atoms with Crippen molar-refractivity contribution in [2.45, 2.75) is 6.18 Å². The minimum atomic E-state index is -4.60. The van der Waals surface area contributed by atoms with Crippen molar-refractivity contribution in [2.75, 3.05) is 11.9 Å². The minimum Gasteiger partial charge on any atom is -0.467 e. The van der Waals surface area contributed by atoms with Crippen LogP contribution in [-0.2, 0) is 0 Å². The van der Waals surface area contributed by atoms with E-state index in [2.05, 4.69) is 15.0 Å². The number of hydrogen-bond acceptors (Lipinski definition) is 3. The topological polar surface area (TPSA) is 51.2 Å². The molecule has 0 fully saturated rings. The summed E-state index contributed by atoms with van der Waals surface area (Å²) in [6.45, 7) is -1.63. The molecule has 1 aromatic heterocycles. The number of hydrogen-bond donors (Lipinski definition) is 1. The quantitative estimate of drug-likeness (QED) is 0.871. The molecular formula is C14H9F5N2O2. The average molecular weight is 332 g/mol. The van der Waals surface area contributed by atoms with Crippen LogP contribution >= 0.6 is 0 Å². The van der Waals surface area contributed by atoms with Gasteiger partial charge in [-0.15, -0.1) is 0 Å². The van der Waals surface area contributed by atoms with E-state index in [1.54, 1.807) is 0 Å². The predicted octanol–water partition coefficient (Wildman–Crippen LogP) is 3.55. The molecule has 1 heterocycles. The molecule has 0 spiro atoms. The first-order valence-corrected chi connectivity index (χ1v) is 6.16. The lowest BCUT2D eigenvalue weighted by atomic mass is 10.2. The summed E-state index contributed by atoms with van der Waals surface area (Å²) in [6, 6.07) is 4.80. The molecule has 0 aliphatic carbocycles. The molecule has 0 aliphatic rings. The summed E-state index contributed by atoms with van der Waals surface area (Å²) in [7, 11) is 0.